The summed E-state index contributed by atoms with van der Waals surface area (Å²) in [6.45, 7) is 1.83. The van der Waals surface area contributed by atoms with Gasteiger partial charge in [0.05, 0.1) is 15.6 Å². The smallest absolute Gasteiger partial charge is 0.326 e. The van der Waals surface area contributed by atoms with Gasteiger partial charge in [-0.3, -0.25) is 4.79 Å². The summed E-state index contributed by atoms with van der Waals surface area (Å²) in [6, 6.07) is -0.920. The fourth-order valence-corrected chi connectivity index (χ4v) is 2.89. The zero-order valence-electron chi connectivity index (χ0n) is 8.56. The first-order chi connectivity index (χ1) is 7.09. The number of nitrogens with two attached hydrogens (primary N) is 1. The molecule has 1 atom stereocenters. The Kier molecular flexibility index (Phi) is 2.75. The molecule has 1 aliphatic rings. The van der Waals surface area contributed by atoms with E-state index in [9.17, 15) is 4.79 Å². The second kappa shape index (κ2) is 3.90. The average molecular weight is 226 g/mol. The summed E-state index contributed by atoms with van der Waals surface area (Å²) < 4.78 is 0. The van der Waals surface area contributed by atoms with Gasteiger partial charge in [-0.2, -0.15) is 0 Å². The molecule has 1 aromatic heterocycles. The van der Waals surface area contributed by atoms with Crippen LogP contribution in [0.4, 0.5) is 0 Å². The van der Waals surface area contributed by atoms with Crippen LogP contribution in [0.2, 0.25) is 0 Å². The molecule has 5 heteroatoms. The number of aryl methyl sites for hydroxylation is 1. The molecule has 1 saturated carbocycles. The Hall–Kier alpha value is -0.940. The maximum Gasteiger partial charge on any atom is 0.326 e. The van der Waals surface area contributed by atoms with Crippen LogP contribution in [0.25, 0.3) is 0 Å². The number of aliphatic carboxylic acids is 1. The number of rotatable bonds is 3. The van der Waals surface area contributed by atoms with Crippen LogP contribution in [-0.4, -0.2) is 16.1 Å². The van der Waals surface area contributed by atoms with Gasteiger partial charge in [0, 0.05) is 5.92 Å². The second-order valence-electron chi connectivity index (χ2n) is 3.95. The molecule has 2 rings (SSSR count). The number of aromatic nitrogens is 1. The van der Waals surface area contributed by atoms with Crippen LogP contribution in [0, 0.1) is 6.92 Å². The average Bonchev–Trinajstić information content (AvgIpc) is 2.42. The molecule has 0 spiro atoms. The monoisotopic (exact) mass is 226 g/mol. The van der Waals surface area contributed by atoms with Crippen molar-refractivity contribution >= 4 is 17.3 Å². The molecule has 1 aliphatic carbocycles. The highest BCUT2D eigenvalue weighted by molar-refractivity contribution is 7.12. The van der Waals surface area contributed by atoms with Crippen molar-refractivity contribution in [1.82, 2.24) is 4.98 Å². The first-order valence-corrected chi connectivity index (χ1v) is 5.87. The minimum Gasteiger partial charge on any atom is -0.480 e. The van der Waals surface area contributed by atoms with Crippen LogP contribution < -0.4 is 5.73 Å². The standard InChI is InChI=1S/C10H14N2O2S/c1-5-8(7(11)10(13)14)15-9(12-5)6-3-2-4-6/h6-7H,2-4,11H2,1H3,(H,13,14). The van der Waals surface area contributed by atoms with E-state index in [-0.39, 0.29) is 0 Å². The normalized spacial score (nSPS) is 18.5. The van der Waals surface area contributed by atoms with Gasteiger partial charge in [-0.25, -0.2) is 4.98 Å². The third-order valence-corrected chi connectivity index (χ3v) is 4.25. The fourth-order valence-electron chi connectivity index (χ4n) is 1.66. The first-order valence-electron chi connectivity index (χ1n) is 5.05. The number of nitrogens with zero attached hydrogens (tertiary/aromatic N) is 1. The van der Waals surface area contributed by atoms with E-state index < -0.39 is 12.0 Å². The summed E-state index contributed by atoms with van der Waals surface area (Å²) in [6.07, 6.45) is 3.60. The fraction of sp³-hybridized carbons (Fsp3) is 0.600. The molecular weight excluding hydrogens is 212 g/mol. The van der Waals surface area contributed by atoms with Gasteiger partial charge >= 0.3 is 5.97 Å². The number of thiazole rings is 1. The summed E-state index contributed by atoms with van der Waals surface area (Å²) in [5.74, 6) is -0.439. The molecule has 0 aromatic carbocycles. The van der Waals surface area contributed by atoms with E-state index >= 15 is 0 Å². The van der Waals surface area contributed by atoms with E-state index in [1.807, 2.05) is 6.92 Å². The van der Waals surface area contributed by atoms with E-state index in [1.165, 1.54) is 30.6 Å². The molecule has 82 valence electrons. The van der Waals surface area contributed by atoms with Crippen molar-refractivity contribution in [2.24, 2.45) is 5.73 Å². The van der Waals surface area contributed by atoms with Crippen LogP contribution in [0.5, 0.6) is 0 Å². The highest BCUT2D eigenvalue weighted by atomic mass is 32.1. The predicted octanol–water partition coefficient (Wildman–Crippen LogP) is 1.80. The first kappa shape index (κ1) is 10.6. The molecule has 1 aromatic rings. The van der Waals surface area contributed by atoms with E-state index in [0.29, 0.717) is 10.8 Å². The summed E-state index contributed by atoms with van der Waals surface area (Å²) in [4.78, 5) is 15.9. The van der Waals surface area contributed by atoms with Crippen LogP contribution in [-0.2, 0) is 4.79 Å². The van der Waals surface area contributed by atoms with Gasteiger partial charge in [0.15, 0.2) is 0 Å². The molecule has 15 heavy (non-hydrogen) atoms. The maximum absolute atomic E-state index is 10.8. The van der Waals surface area contributed by atoms with Crippen molar-refractivity contribution in [2.75, 3.05) is 0 Å². The third-order valence-electron chi connectivity index (χ3n) is 2.85. The Bertz CT molecular complexity index is 385. The van der Waals surface area contributed by atoms with Crippen LogP contribution >= 0.6 is 11.3 Å². The summed E-state index contributed by atoms with van der Waals surface area (Å²) in [5, 5.41) is 9.89. The lowest BCUT2D eigenvalue weighted by atomic mass is 9.86. The highest BCUT2D eigenvalue weighted by Crippen LogP contribution is 2.40. The maximum atomic E-state index is 10.8. The minimum absolute atomic E-state index is 0.545. The molecule has 4 nitrogen and oxygen atoms in total. The molecule has 0 aliphatic heterocycles. The summed E-state index contributed by atoms with van der Waals surface area (Å²) in [7, 11) is 0. The lowest BCUT2D eigenvalue weighted by Gasteiger charge is -2.22. The van der Waals surface area contributed by atoms with Crippen molar-refractivity contribution in [2.45, 2.75) is 38.1 Å². The minimum atomic E-state index is -0.984. The van der Waals surface area contributed by atoms with Gasteiger partial charge in [0.25, 0.3) is 0 Å². The molecule has 1 fully saturated rings. The largest absolute Gasteiger partial charge is 0.480 e. The molecule has 1 heterocycles. The lowest BCUT2D eigenvalue weighted by Crippen LogP contribution is -2.20. The summed E-state index contributed by atoms with van der Waals surface area (Å²) >= 11 is 1.46. The SMILES string of the molecule is Cc1nc(C2CCC2)sc1C(N)C(=O)O. The molecule has 1 unspecified atom stereocenters. The zero-order chi connectivity index (χ0) is 11.0. The number of hydrogen-bond donors (Lipinski definition) is 2. The second-order valence-corrected chi connectivity index (χ2v) is 5.01. The van der Waals surface area contributed by atoms with E-state index in [0.717, 1.165) is 10.7 Å². The lowest BCUT2D eigenvalue weighted by molar-refractivity contribution is -0.138. The molecule has 0 radical (unpaired) electrons. The molecule has 0 bridgehead atoms. The van der Waals surface area contributed by atoms with Crippen molar-refractivity contribution in [3.8, 4) is 0 Å². The topological polar surface area (TPSA) is 76.2 Å². The number of carboxylic acid groups (broad SMARTS) is 1. The van der Waals surface area contributed by atoms with Gasteiger partial charge in [0.2, 0.25) is 0 Å². The van der Waals surface area contributed by atoms with Crippen LogP contribution in [0.15, 0.2) is 0 Å². The van der Waals surface area contributed by atoms with Crippen molar-refractivity contribution < 1.29 is 9.90 Å². The molecule has 3 N–H and O–H groups in total. The third kappa shape index (κ3) is 1.89. The van der Waals surface area contributed by atoms with Crippen LogP contribution in [0.3, 0.4) is 0 Å². The van der Waals surface area contributed by atoms with Crippen molar-refractivity contribution in [3.05, 3.63) is 15.6 Å². The molecular formula is C10H14N2O2S. The Labute approximate surface area is 92.1 Å². The van der Waals surface area contributed by atoms with Gasteiger partial charge in [0.1, 0.15) is 6.04 Å². The Balaban J connectivity index is 2.24. The van der Waals surface area contributed by atoms with Crippen molar-refractivity contribution in [1.29, 1.82) is 0 Å². The van der Waals surface area contributed by atoms with Gasteiger partial charge in [-0.15, -0.1) is 11.3 Å². The van der Waals surface area contributed by atoms with Gasteiger partial charge in [-0.05, 0) is 19.8 Å². The quantitative estimate of drug-likeness (QED) is 0.824. The number of carboxylic acids is 1. The molecule has 0 saturated heterocycles. The number of hydrogen-bond acceptors (Lipinski definition) is 4. The van der Waals surface area contributed by atoms with Gasteiger partial charge in [-0.1, -0.05) is 6.42 Å². The molecule has 0 amide bonds. The van der Waals surface area contributed by atoms with E-state index in [1.54, 1.807) is 0 Å². The summed E-state index contributed by atoms with van der Waals surface area (Å²) in [5.41, 5.74) is 6.36. The van der Waals surface area contributed by atoms with E-state index in [2.05, 4.69) is 4.98 Å². The highest BCUT2D eigenvalue weighted by Gasteiger charge is 2.27. The number of carbonyl (C=O) groups is 1. The zero-order valence-corrected chi connectivity index (χ0v) is 9.38. The Morgan fingerprint density at radius 3 is 2.80 bits per heavy atom. The van der Waals surface area contributed by atoms with Crippen LogP contribution in [0.1, 0.15) is 46.8 Å². The predicted molar refractivity (Wildman–Crippen MR) is 58.0 cm³/mol. The Morgan fingerprint density at radius 1 is 1.67 bits per heavy atom. The van der Waals surface area contributed by atoms with Gasteiger partial charge < -0.3 is 10.8 Å². The van der Waals surface area contributed by atoms with E-state index in [4.69, 9.17) is 10.8 Å². The Morgan fingerprint density at radius 2 is 2.33 bits per heavy atom. The van der Waals surface area contributed by atoms with Crippen molar-refractivity contribution in [3.63, 3.8) is 0 Å².